The molecule has 0 spiro atoms. The zero-order chi connectivity index (χ0) is 14.0. The Morgan fingerprint density at radius 2 is 2.26 bits per heavy atom. The zero-order valence-corrected chi connectivity index (χ0v) is 10.6. The van der Waals surface area contributed by atoms with Gasteiger partial charge in [0.25, 0.3) is 11.6 Å². The highest BCUT2D eigenvalue weighted by atomic mass is 35.5. The van der Waals surface area contributed by atoms with Gasteiger partial charge in [-0.15, -0.1) is 0 Å². The maximum absolute atomic E-state index is 12.3. The molecule has 7 heteroatoms. The molecule has 0 saturated heterocycles. The number of hydrogen-bond acceptors (Lipinski definition) is 4. The van der Waals surface area contributed by atoms with Gasteiger partial charge in [0, 0.05) is 18.2 Å². The molecule has 0 atom stereocenters. The maximum Gasteiger partial charge on any atom is 0.270 e. The van der Waals surface area contributed by atoms with Crippen molar-refractivity contribution in [2.75, 3.05) is 6.54 Å². The molecule has 1 saturated carbocycles. The number of carbonyl (C=O) groups excluding carboxylic acids is 1. The molecule has 0 N–H and O–H groups in total. The second-order valence-electron chi connectivity index (χ2n) is 4.24. The van der Waals surface area contributed by atoms with Gasteiger partial charge in [0.15, 0.2) is 0 Å². The largest absolute Gasteiger partial charge is 0.322 e. The average molecular weight is 280 g/mol. The highest BCUT2D eigenvalue weighted by Crippen LogP contribution is 2.30. The number of non-ortho nitro benzene ring substituents is 1. The Hall–Kier alpha value is -2.13. The quantitative estimate of drug-likeness (QED) is 0.481. The van der Waals surface area contributed by atoms with Crippen LogP contribution in [0, 0.1) is 21.4 Å². The van der Waals surface area contributed by atoms with E-state index in [4.69, 9.17) is 16.9 Å². The van der Waals surface area contributed by atoms with Crippen molar-refractivity contribution < 1.29 is 9.72 Å². The normalized spacial score (nSPS) is 13.7. The predicted octanol–water partition coefficient (Wildman–Crippen LogP) is 2.38. The minimum absolute atomic E-state index is 0.0392. The molecule has 1 aliphatic rings. The van der Waals surface area contributed by atoms with E-state index in [1.54, 1.807) is 0 Å². The summed E-state index contributed by atoms with van der Waals surface area (Å²) in [5.74, 6) is -0.433. The third-order valence-corrected chi connectivity index (χ3v) is 3.21. The van der Waals surface area contributed by atoms with Gasteiger partial charge in [0.2, 0.25) is 0 Å². The van der Waals surface area contributed by atoms with E-state index >= 15 is 0 Å². The topological polar surface area (TPSA) is 87.2 Å². The summed E-state index contributed by atoms with van der Waals surface area (Å²) >= 11 is 5.91. The number of halogens is 1. The van der Waals surface area contributed by atoms with Gasteiger partial charge >= 0.3 is 0 Å². The predicted molar refractivity (Wildman–Crippen MR) is 67.8 cm³/mol. The molecule has 0 radical (unpaired) electrons. The number of nitro benzene ring substituents is 1. The second kappa shape index (κ2) is 5.24. The highest BCUT2D eigenvalue weighted by Gasteiger charge is 2.34. The van der Waals surface area contributed by atoms with Gasteiger partial charge in [-0.1, -0.05) is 11.6 Å². The number of benzene rings is 1. The van der Waals surface area contributed by atoms with Crippen LogP contribution in [-0.2, 0) is 0 Å². The average Bonchev–Trinajstić information content (AvgIpc) is 3.19. The molecule has 1 fully saturated rings. The van der Waals surface area contributed by atoms with Crippen molar-refractivity contribution >= 4 is 23.2 Å². The summed E-state index contributed by atoms with van der Waals surface area (Å²) in [4.78, 5) is 23.8. The van der Waals surface area contributed by atoms with Gasteiger partial charge < -0.3 is 4.90 Å². The zero-order valence-electron chi connectivity index (χ0n) is 9.88. The van der Waals surface area contributed by atoms with Crippen LogP contribution in [-0.4, -0.2) is 28.3 Å². The fraction of sp³-hybridized carbons (Fsp3) is 0.333. The number of hydrogen-bond donors (Lipinski definition) is 0. The minimum atomic E-state index is -0.584. The molecule has 2 rings (SSSR count). The molecule has 0 bridgehead atoms. The van der Waals surface area contributed by atoms with Crippen molar-refractivity contribution in [2.24, 2.45) is 0 Å². The highest BCUT2D eigenvalue weighted by molar-refractivity contribution is 6.34. The number of nitriles is 1. The monoisotopic (exact) mass is 279 g/mol. The SMILES string of the molecule is N#CCN(C(=O)c1cc([N+](=O)[O-])ccc1Cl)C1CC1. The standard InChI is InChI=1S/C12H10ClN3O3/c13-11-4-3-9(16(18)19)7-10(11)12(17)15(6-5-14)8-1-2-8/h3-4,7-8H,1-2,6H2. The van der Waals surface area contributed by atoms with Gasteiger partial charge in [-0.3, -0.25) is 14.9 Å². The lowest BCUT2D eigenvalue weighted by Crippen LogP contribution is -2.33. The van der Waals surface area contributed by atoms with Crippen LogP contribution in [0.2, 0.25) is 5.02 Å². The Kier molecular flexibility index (Phi) is 3.67. The van der Waals surface area contributed by atoms with Crippen molar-refractivity contribution in [2.45, 2.75) is 18.9 Å². The summed E-state index contributed by atoms with van der Waals surface area (Å²) in [6.45, 7) is -0.0392. The minimum Gasteiger partial charge on any atom is -0.322 e. The van der Waals surface area contributed by atoms with Crippen LogP contribution in [0.5, 0.6) is 0 Å². The summed E-state index contributed by atoms with van der Waals surface area (Å²) < 4.78 is 0. The molecule has 98 valence electrons. The number of nitrogens with zero attached hydrogens (tertiary/aromatic N) is 3. The number of amides is 1. The Balaban J connectivity index is 2.34. The molecular formula is C12H10ClN3O3. The van der Waals surface area contributed by atoms with E-state index in [9.17, 15) is 14.9 Å². The summed E-state index contributed by atoms with van der Waals surface area (Å²) in [5, 5.41) is 19.6. The molecule has 1 amide bonds. The van der Waals surface area contributed by atoms with Crippen molar-refractivity contribution in [1.82, 2.24) is 4.90 Å². The Morgan fingerprint density at radius 3 is 2.79 bits per heavy atom. The van der Waals surface area contributed by atoms with E-state index in [1.165, 1.54) is 17.0 Å². The van der Waals surface area contributed by atoms with Crippen LogP contribution < -0.4 is 0 Å². The first-order valence-corrected chi connectivity index (χ1v) is 6.04. The molecule has 0 heterocycles. The summed E-state index contributed by atoms with van der Waals surface area (Å²) in [5.41, 5.74) is -0.126. The van der Waals surface area contributed by atoms with Gasteiger partial charge in [-0.05, 0) is 18.9 Å². The molecule has 19 heavy (non-hydrogen) atoms. The van der Waals surface area contributed by atoms with E-state index in [2.05, 4.69) is 0 Å². The van der Waals surface area contributed by atoms with Crippen LogP contribution in [0.15, 0.2) is 18.2 Å². The van der Waals surface area contributed by atoms with Crippen LogP contribution in [0.25, 0.3) is 0 Å². The van der Waals surface area contributed by atoms with Crippen LogP contribution in [0.4, 0.5) is 5.69 Å². The Labute approximate surface area is 114 Å². The van der Waals surface area contributed by atoms with Crippen molar-refractivity contribution in [3.05, 3.63) is 38.9 Å². The number of carbonyl (C=O) groups is 1. The van der Waals surface area contributed by atoms with Crippen LogP contribution in [0.3, 0.4) is 0 Å². The van der Waals surface area contributed by atoms with Crippen LogP contribution in [0.1, 0.15) is 23.2 Å². The smallest absolute Gasteiger partial charge is 0.270 e. The first kappa shape index (κ1) is 13.3. The first-order valence-electron chi connectivity index (χ1n) is 5.66. The van der Waals surface area contributed by atoms with E-state index in [-0.39, 0.29) is 28.9 Å². The first-order chi connectivity index (χ1) is 9.04. The Morgan fingerprint density at radius 1 is 1.58 bits per heavy atom. The van der Waals surface area contributed by atoms with Gasteiger partial charge in [0.1, 0.15) is 6.54 Å². The third kappa shape index (κ3) is 2.83. The number of nitro groups is 1. The van der Waals surface area contributed by atoms with Gasteiger partial charge in [-0.25, -0.2) is 0 Å². The lowest BCUT2D eigenvalue weighted by Gasteiger charge is -2.19. The van der Waals surface area contributed by atoms with Crippen LogP contribution >= 0.6 is 11.6 Å². The summed E-state index contributed by atoms with van der Waals surface area (Å²) in [6.07, 6.45) is 1.69. The van der Waals surface area contributed by atoms with Gasteiger partial charge in [0.05, 0.1) is 21.6 Å². The molecule has 1 aromatic rings. The van der Waals surface area contributed by atoms with E-state index < -0.39 is 10.8 Å². The van der Waals surface area contributed by atoms with E-state index in [0.29, 0.717) is 0 Å². The van der Waals surface area contributed by atoms with E-state index in [0.717, 1.165) is 18.9 Å². The fourth-order valence-electron chi connectivity index (χ4n) is 1.77. The molecule has 1 aliphatic carbocycles. The maximum atomic E-state index is 12.3. The summed E-state index contributed by atoms with van der Waals surface area (Å²) in [6, 6.07) is 5.68. The molecule has 6 nitrogen and oxygen atoms in total. The lowest BCUT2D eigenvalue weighted by molar-refractivity contribution is -0.384. The third-order valence-electron chi connectivity index (χ3n) is 2.88. The molecule has 1 aromatic carbocycles. The lowest BCUT2D eigenvalue weighted by atomic mass is 10.1. The van der Waals surface area contributed by atoms with Crippen molar-refractivity contribution in [3.63, 3.8) is 0 Å². The van der Waals surface area contributed by atoms with E-state index in [1.807, 2.05) is 6.07 Å². The number of rotatable bonds is 4. The summed E-state index contributed by atoms with van der Waals surface area (Å²) in [7, 11) is 0. The molecular weight excluding hydrogens is 270 g/mol. The van der Waals surface area contributed by atoms with Crippen molar-refractivity contribution in [1.29, 1.82) is 5.26 Å². The van der Waals surface area contributed by atoms with Crippen molar-refractivity contribution in [3.8, 4) is 6.07 Å². The Bertz CT molecular complexity index is 578. The molecule has 0 unspecified atom stereocenters. The fourth-order valence-corrected chi connectivity index (χ4v) is 1.97. The molecule has 0 aliphatic heterocycles. The van der Waals surface area contributed by atoms with Gasteiger partial charge in [-0.2, -0.15) is 5.26 Å². The molecule has 0 aromatic heterocycles. The second-order valence-corrected chi connectivity index (χ2v) is 4.65.